The lowest BCUT2D eigenvalue weighted by Crippen LogP contribution is -2.36. The summed E-state index contributed by atoms with van der Waals surface area (Å²) in [4.78, 5) is 15.4. The van der Waals surface area contributed by atoms with E-state index in [1.54, 1.807) is 19.0 Å². The highest BCUT2D eigenvalue weighted by atomic mass is 16.5. The Labute approximate surface area is 126 Å². The van der Waals surface area contributed by atoms with Crippen LogP contribution in [0.15, 0.2) is 24.3 Å². The number of carbonyl (C=O) groups is 1. The Balaban J connectivity index is 1.73. The zero-order chi connectivity index (χ0) is 15.1. The average Bonchev–Trinajstić information content (AvgIpc) is 2.52. The summed E-state index contributed by atoms with van der Waals surface area (Å²) in [5, 5.41) is 3.36. The highest BCUT2D eigenvalue weighted by Crippen LogP contribution is 2.19. The van der Waals surface area contributed by atoms with Crippen molar-refractivity contribution in [3.05, 3.63) is 24.3 Å². The number of morpholine rings is 1. The van der Waals surface area contributed by atoms with E-state index in [0.29, 0.717) is 6.42 Å². The first kappa shape index (κ1) is 15.6. The molecule has 5 heteroatoms. The lowest BCUT2D eigenvalue weighted by molar-refractivity contribution is -0.128. The van der Waals surface area contributed by atoms with Gasteiger partial charge in [0.05, 0.1) is 13.2 Å². The van der Waals surface area contributed by atoms with Crippen LogP contribution in [-0.2, 0) is 9.53 Å². The van der Waals surface area contributed by atoms with Gasteiger partial charge in [0.1, 0.15) is 0 Å². The van der Waals surface area contributed by atoms with E-state index in [1.807, 2.05) is 0 Å². The minimum absolute atomic E-state index is 0.180. The van der Waals surface area contributed by atoms with Crippen molar-refractivity contribution in [2.24, 2.45) is 0 Å². The van der Waals surface area contributed by atoms with Crippen molar-refractivity contribution in [3.8, 4) is 0 Å². The standard InChI is InChI=1S/C16H25N3O2/c1-18(2)16(20)4-3-9-17-14-5-7-15(8-6-14)19-10-12-21-13-11-19/h5-8,17H,3-4,9-13H2,1-2H3. The molecule has 1 aromatic rings. The van der Waals surface area contributed by atoms with Gasteiger partial charge in [-0.25, -0.2) is 0 Å². The molecule has 21 heavy (non-hydrogen) atoms. The van der Waals surface area contributed by atoms with Gasteiger partial charge in [0.25, 0.3) is 0 Å². The molecule has 0 spiro atoms. The van der Waals surface area contributed by atoms with E-state index in [1.165, 1.54) is 5.69 Å². The second-order valence-corrected chi connectivity index (χ2v) is 5.46. The van der Waals surface area contributed by atoms with Crippen LogP contribution in [0.2, 0.25) is 0 Å². The van der Waals surface area contributed by atoms with Gasteiger partial charge < -0.3 is 19.9 Å². The zero-order valence-corrected chi connectivity index (χ0v) is 13.0. The van der Waals surface area contributed by atoms with Gasteiger partial charge in [0, 0.05) is 51.5 Å². The van der Waals surface area contributed by atoms with E-state index in [0.717, 1.165) is 45.0 Å². The smallest absolute Gasteiger partial charge is 0.222 e. The van der Waals surface area contributed by atoms with Crippen LogP contribution in [0, 0.1) is 0 Å². The Kier molecular flexibility index (Phi) is 5.87. The molecule has 2 rings (SSSR count). The van der Waals surface area contributed by atoms with Crippen molar-refractivity contribution in [2.75, 3.05) is 57.2 Å². The summed E-state index contributed by atoms with van der Waals surface area (Å²) in [6, 6.07) is 8.47. The fraction of sp³-hybridized carbons (Fsp3) is 0.562. The SMILES string of the molecule is CN(C)C(=O)CCCNc1ccc(N2CCOCC2)cc1. The third-order valence-corrected chi connectivity index (χ3v) is 3.64. The molecule has 116 valence electrons. The summed E-state index contributed by atoms with van der Waals surface area (Å²) in [6.07, 6.45) is 1.44. The quantitative estimate of drug-likeness (QED) is 0.812. The maximum atomic E-state index is 11.5. The molecule has 1 saturated heterocycles. The molecule has 0 atom stereocenters. The number of amides is 1. The van der Waals surface area contributed by atoms with Crippen molar-refractivity contribution in [2.45, 2.75) is 12.8 Å². The molecule has 1 heterocycles. The molecule has 1 aliphatic heterocycles. The third kappa shape index (κ3) is 4.93. The zero-order valence-electron chi connectivity index (χ0n) is 13.0. The average molecular weight is 291 g/mol. The lowest BCUT2D eigenvalue weighted by atomic mass is 10.2. The van der Waals surface area contributed by atoms with Crippen molar-refractivity contribution < 1.29 is 9.53 Å². The van der Waals surface area contributed by atoms with Crippen LogP contribution < -0.4 is 10.2 Å². The molecule has 0 unspecified atom stereocenters. The third-order valence-electron chi connectivity index (χ3n) is 3.64. The minimum atomic E-state index is 0.180. The molecule has 1 aliphatic rings. The second-order valence-electron chi connectivity index (χ2n) is 5.46. The van der Waals surface area contributed by atoms with E-state index < -0.39 is 0 Å². The van der Waals surface area contributed by atoms with Crippen LogP contribution in [0.3, 0.4) is 0 Å². The van der Waals surface area contributed by atoms with Crippen LogP contribution >= 0.6 is 0 Å². The number of hydrogen-bond donors (Lipinski definition) is 1. The second kappa shape index (κ2) is 7.88. The number of nitrogens with one attached hydrogen (secondary N) is 1. The summed E-state index contributed by atoms with van der Waals surface area (Å²) < 4.78 is 5.36. The van der Waals surface area contributed by atoms with Crippen LogP contribution in [0.4, 0.5) is 11.4 Å². The Morgan fingerprint density at radius 1 is 1.24 bits per heavy atom. The van der Waals surface area contributed by atoms with E-state index in [4.69, 9.17) is 4.74 Å². The molecule has 0 aromatic heterocycles. The first-order chi connectivity index (χ1) is 10.2. The van der Waals surface area contributed by atoms with Crippen LogP contribution in [0.5, 0.6) is 0 Å². The molecule has 1 fully saturated rings. The maximum Gasteiger partial charge on any atom is 0.222 e. The van der Waals surface area contributed by atoms with Gasteiger partial charge >= 0.3 is 0 Å². The first-order valence-corrected chi connectivity index (χ1v) is 7.53. The predicted molar refractivity (Wildman–Crippen MR) is 85.9 cm³/mol. The number of rotatable bonds is 6. The fourth-order valence-electron chi connectivity index (χ4n) is 2.31. The number of nitrogens with zero attached hydrogens (tertiary/aromatic N) is 2. The normalized spacial score (nSPS) is 14.9. The molecule has 0 bridgehead atoms. The predicted octanol–water partition coefficient (Wildman–Crippen LogP) is 1.80. The maximum absolute atomic E-state index is 11.5. The summed E-state index contributed by atoms with van der Waals surface area (Å²) in [6.45, 7) is 4.34. The van der Waals surface area contributed by atoms with Gasteiger partial charge in [-0.15, -0.1) is 0 Å². The van der Waals surface area contributed by atoms with Crippen LogP contribution in [0.25, 0.3) is 0 Å². The van der Waals surface area contributed by atoms with E-state index in [9.17, 15) is 4.79 Å². The number of anilines is 2. The van der Waals surface area contributed by atoms with Gasteiger partial charge in [0.15, 0.2) is 0 Å². The Bertz CT molecular complexity index is 439. The van der Waals surface area contributed by atoms with Gasteiger partial charge in [-0.3, -0.25) is 4.79 Å². The molecular formula is C16H25N3O2. The van der Waals surface area contributed by atoms with E-state index >= 15 is 0 Å². The summed E-state index contributed by atoms with van der Waals surface area (Å²) >= 11 is 0. The monoisotopic (exact) mass is 291 g/mol. The van der Waals surface area contributed by atoms with Crippen molar-refractivity contribution in [1.82, 2.24) is 4.90 Å². The molecule has 1 amide bonds. The minimum Gasteiger partial charge on any atom is -0.385 e. The Morgan fingerprint density at radius 3 is 2.52 bits per heavy atom. The molecule has 0 radical (unpaired) electrons. The molecule has 5 nitrogen and oxygen atoms in total. The fourth-order valence-corrected chi connectivity index (χ4v) is 2.31. The summed E-state index contributed by atoms with van der Waals surface area (Å²) in [5.74, 6) is 0.180. The number of hydrogen-bond acceptors (Lipinski definition) is 4. The highest BCUT2D eigenvalue weighted by Gasteiger charge is 2.10. The molecule has 0 saturated carbocycles. The number of benzene rings is 1. The largest absolute Gasteiger partial charge is 0.385 e. The van der Waals surface area contributed by atoms with E-state index in [-0.39, 0.29) is 5.91 Å². The van der Waals surface area contributed by atoms with Gasteiger partial charge in [-0.05, 0) is 30.7 Å². The lowest BCUT2D eigenvalue weighted by Gasteiger charge is -2.28. The Morgan fingerprint density at radius 2 is 1.90 bits per heavy atom. The van der Waals surface area contributed by atoms with Crippen molar-refractivity contribution >= 4 is 17.3 Å². The summed E-state index contributed by atoms with van der Waals surface area (Å²) in [7, 11) is 3.58. The number of carbonyl (C=O) groups excluding carboxylic acids is 1. The number of ether oxygens (including phenoxy) is 1. The molecule has 0 aliphatic carbocycles. The molecule has 1 aromatic carbocycles. The van der Waals surface area contributed by atoms with Crippen molar-refractivity contribution in [1.29, 1.82) is 0 Å². The highest BCUT2D eigenvalue weighted by molar-refractivity contribution is 5.75. The molecular weight excluding hydrogens is 266 g/mol. The van der Waals surface area contributed by atoms with Gasteiger partial charge in [-0.2, -0.15) is 0 Å². The topological polar surface area (TPSA) is 44.8 Å². The molecule has 1 N–H and O–H groups in total. The first-order valence-electron chi connectivity index (χ1n) is 7.53. The van der Waals surface area contributed by atoms with Gasteiger partial charge in [0.2, 0.25) is 5.91 Å². The van der Waals surface area contributed by atoms with Crippen LogP contribution in [-0.4, -0.2) is 57.8 Å². The summed E-state index contributed by atoms with van der Waals surface area (Å²) in [5.41, 5.74) is 2.34. The van der Waals surface area contributed by atoms with Crippen molar-refractivity contribution in [3.63, 3.8) is 0 Å². The Hall–Kier alpha value is -1.75. The van der Waals surface area contributed by atoms with E-state index in [2.05, 4.69) is 34.5 Å². The van der Waals surface area contributed by atoms with Gasteiger partial charge in [-0.1, -0.05) is 0 Å². The van der Waals surface area contributed by atoms with Crippen LogP contribution in [0.1, 0.15) is 12.8 Å².